The molecule has 5 rings (SSSR count). The van der Waals surface area contributed by atoms with Gasteiger partial charge in [-0.15, -0.1) is 0 Å². The van der Waals surface area contributed by atoms with Crippen molar-refractivity contribution >= 4 is 60.9 Å². The molecule has 11 nitrogen and oxygen atoms in total. The van der Waals surface area contributed by atoms with Crippen LogP contribution in [0.1, 0.15) is 0 Å². The summed E-state index contributed by atoms with van der Waals surface area (Å²) in [4.78, 5) is 27.1. The number of rotatable bonds is 9. The van der Waals surface area contributed by atoms with Crippen molar-refractivity contribution in [3.8, 4) is 5.75 Å². The van der Waals surface area contributed by atoms with Crippen LogP contribution in [0.25, 0.3) is 21.9 Å². The molecule has 0 saturated heterocycles. The molecule has 3 aromatic carbocycles. The molecule has 3 N–H and O–H groups in total. The zero-order valence-corrected chi connectivity index (χ0v) is 22.9. The number of methoxy groups -OCH3 is 1. The Bertz CT molecular complexity index is 1830. The smallest absolute Gasteiger partial charge is 0.263 e. The van der Waals surface area contributed by atoms with Crippen LogP contribution in [0.15, 0.2) is 83.9 Å². The number of hydrogen-bond acceptors (Lipinski definition) is 9. The summed E-state index contributed by atoms with van der Waals surface area (Å²) < 4.78 is 35.1. The number of pyridine rings is 1. The Hall–Kier alpha value is -4.97. The Labute approximate surface area is 231 Å². The van der Waals surface area contributed by atoms with E-state index in [1.165, 1.54) is 17.0 Å². The number of likely N-dealkylation sites (N-methyl/N-ethyl adjacent to an activating group) is 1. The number of carbonyl (C=O) groups excluding carboxylic acids is 1. The minimum Gasteiger partial charge on any atom is -0.497 e. The normalized spacial score (nSPS) is 11.3. The maximum Gasteiger partial charge on any atom is 0.263 e. The van der Waals surface area contributed by atoms with Gasteiger partial charge in [0.1, 0.15) is 5.75 Å². The molecule has 0 spiro atoms. The molecular weight excluding hydrogens is 530 g/mol. The third-order valence-corrected chi connectivity index (χ3v) is 7.39. The van der Waals surface area contributed by atoms with E-state index in [1.54, 1.807) is 63.8 Å². The van der Waals surface area contributed by atoms with Crippen molar-refractivity contribution in [2.24, 2.45) is 0 Å². The van der Waals surface area contributed by atoms with Crippen LogP contribution in [0.4, 0.5) is 23.0 Å². The zero-order valence-electron chi connectivity index (χ0n) is 22.0. The molecule has 0 bridgehead atoms. The topological polar surface area (TPSA) is 138 Å². The molecule has 0 radical (unpaired) electrons. The van der Waals surface area contributed by atoms with Gasteiger partial charge in [0.2, 0.25) is 5.91 Å². The lowest BCUT2D eigenvalue weighted by atomic mass is 10.1. The summed E-state index contributed by atoms with van der Waals surface area (Å²) in [5, 5.41) is 7.00. The van der Waals surface area contributed by atoms with Crippen molar-refractivity contribution in [1.29, 1.82) is 0 Å². The van der Waals surface area contributed by atoms with Crippen LogP contribution >= 0.6 is 0 Å². The standard InChI is InChI=1S/C28H27N7O4S/c1-35(2)25(36)17-30-19-9-6-10-21(15-19)40(37,38)34-28-27(31-22-11-4-5-12-23(22)32-28)33-24-16-20(39-3)14-18-8-7-13-29-26(18)24/h4-16,30H,17H2,1-3H3,(H,31,33)(H,32,34). The molecule has 0 atom stereocenters. The van der Waals surface area contributed by atoms with Crippen LogP contribution in [-0.2, 0) is 14.8 Å². The van der Waals surface area contributed by atoms with E-state index in [-0.39, 0.29) is 29.0 Å². The van der Waals surface area contributed by atoms with E-state index in [0.29, 0.717) is 33.7 Å². The maximum atomic E-state index is 13.5. The van der Waals surface area contributed by atoms with Crippen LogP contribution < -0.4 is 20.1 Å². The number of hydrogen-bond donors (Lipinski definition) is 3. The highest BCUT2D eigenvalue weighted by atomic mass is 32.2. The third-order valence-electron chi connectivity index (χ3n) is 6.06. The number of para-hydroxylation sites is 2. The van der Waals surface area contributed by atoms with Crippen molar-refractivity contribution in [2.75, 3.05) is 43.1 Å². The second-order valence-electron chi connectivity index (χ2n) is 9.06. The second kappa shape index (κ2) is 11.0. The van der Waals surface area contributed by atoms with Gasteiger partial charge in [0, 0.05) is 37.4 Å². The Morgan fingerprint density at radius 3 is 2.40 bits per heavy atom. The van der Waals surface area contributed by atoms with Crippen LogP contribution in [0, 0.1) is 0 Å². The van der Waals surface area contributed by atoms with Gasteiger partial charge in [-0.1, -0.05) is 24.3 Å². The van der Waals surface area contributed by atoms with E-state index < -0.39 is 10.0 Å². The lowest BCUT2D eigenvalue weighted by Gasteiger charge is -2.16. The number of amides is 1. The highest BCUT2D eigenvalue weighted by Crippen LogP contribution is 2.33. The fraction of sp³-hybridized carbons (Fsp3) is 0.143. The first-order valence-electron chi connectivity index (χ1n) is 12.3. The molecule has 40 heavy (non-hydrogen) atoms. The number of anilines is 4. The quantitative estimate of drug-likeness (QED) is 0.243. The molecular formula is C28H27N7O4S. The van der Waals surface area contributed by atoms with Gasteiger partial charge >= 0.3 is 0 Å². The minimum atomic E-state index is -4.10. The molecule has 204 valence electrons. The average molecular weight is 558 g/mol. The first kappa shape index (κ1) is 26.6. The highest BCUT2D eigenvalue weighted by molar-refractivity contribution is 7.92. The van der Waals surface area contributed by atoms with Gasteiger partial charge in [0.15, 0.2) is 11.6 Å². The lowest BCUT2D eigenvalue weighted by molar-refractivity contribution is -0.126. The summed E-state index contributed by atoms with van der Waals surface area (Å²) in [5.74, 6) is 0.643. The largest absolute Gasteiger partial charge is 0.497 e. The van der Waals surface area contributed by atoms with Crippen molar-refractivity contribution in [1.82, 2.24) is 19.9 Å². The van der Waals surface area contributed by atoms with E-state index in [1.807, 2.05) is 24.3 Å². The Morgan fingerprint density at radius 1 is 0.925 bits per heavy atom. The van der Waals surface area contributed by atoms with Crippen LogP contribution in [-0.4, -0.2) is 61.9 Å². The molecule has 5 aromatic rings. The number of aromatic nitrogens is 3. The first-order valence-corrected chi connectivity index (χ1v) is 13.8. The molecule has 0 aliphatic rings. The molecule has 1 amide bonds. The first-order chi connectivity index (χ1) is 19.2. The predicted molar refractivity (Wildman–Crippen MR) is 156 cm³/mol. The van der Waals surface area contributed by atoms with Gasteiger partial charge in [-0.05, 0) is 42.5 Å². The molecule has 0 aliphatic heterocycles. The average Bonchev–Trinajstić information content (AvgIpc) is 2.96. The fourth-order valence-corrected chi connectivity index (χ4v) is 5.01. The summed E-state index contributed by atoms with van der Waals surface area (Å²) in [6.07, 6.45) is 1.67. The summed E-state index contributed by atoms with van der Waals surface area (Å²) >= 11 is 0. The monoisotopic (exact) mass is 557 g/mol. The maximum absolute atomic E-state index is 13.5. The number of nitrogens with one attached hydrogen (secondary N) is 3. The molecule has 12 heteroatoms. The highest BCUT2D eigenvalue weighted by Gasteiger charge is 2.20. The Kier molecular flexibility index (Phi) is 7.34. The van der Waals surface area contributed by atoms with Crippen molar-refractivity contribution in [2.45, 2.75) is 4.90 Å². The van der Waals surface area contributed by atoms with Gasteiger partial charge in [-0.2, -0.15) is 0 Å². The SMILES string of the molecule is COc1cc(Nc2nc3ccccc3nc2NS(=O)(=O)c2cccc(NCC(=O)N(C)C)c2)c2ncccc2c1. The number of fused-ring (bicyclic) bond motifs is 2. The Balaban J connectivity index is 1.53. The van der Waals surface area contributed by atoms with Crippen LogP contribution in [0.2, 0.25) is 0 Å². The number of sulfonamides is 1. The van der Waals surface area contributed by atoms with E-state index in [0.717, 1.165) is 5.39 Å². The second-order valence-corrected chi connectivity index (χ2v) is 10.7. The molecule has 2 aromatic heterocycles. The molecule has 2 heterocycles. The summed E-state index contributed by atoms with van der Waals surface area (Å²) in [6.45, 7) is 0.0245. The summed E-state index contributed by atoms with van der Waals surface area (Å²) in [7, 11) is 0.764. The van der Waals surface area contributed by atoms with Crippen molar-refractivity contribution < 1.29 is 17.9 Å². The summed E-state index contributed by atoms with van der Waals surface area (Å²) in [5.41, 5.74) is 2.78. The van der Waals surface area contributed by atoms with Gasteiger partial charge < -0.3 is 20.3 Å². The lowest BCUT2D eigenvalue weighted by Crippen LogP contribution is -2.28. The van der Waals surface area contributed by atoms with Crippen molar-refractivity contribution in [3.05, 3.63) is 79.0 Å². The van der Waals surface area contributed by atoms with Gasteiger partial charge in [-0.25, -0.2) is 18.4 Å². The summed E-state index contributed by atoms with van der Waals surface area (Å²) in [6, 6.07) is 20.7. The third kappa shape index (κ3) is 5.71. The minimum absolute atomic E-state index is 0.00625. The Morgan fingerprint density at radius 2 is 1.68 bits per heavy atom. The van der Waals surface area contributed by atoms with E-state index >= 15 is 0 Å². The van der Waals surface area contributed by atoms with Crippen LogP contribution in [0.5, 0.6) is 5.75 Å². The zero-order chi connectivity index (χ0) is 28.3. The number of ether oxygens (including phenoxy) is 1. The predicted octanol–water partition coefficient (Wildman–Crippen LogP) is 4.23. The van der Waals surface area contributed by atoms with E-state index in [9.17, 15) is 13.2 Å². The fourth-order valence-electron chi connectivity index (χ4n) is 3.96. The van der Waals surface area contributed by atoms with Gasteiger partial charge in [-0.3, -0.25) is 14.5 Å². The van der Waals surface area contributed by atoms with Gasteiger partial charge in [0.05, 0.1) is 40.8 Å². The number of carbonyl (C=O) groups is 1. The molecule has 0 unspecified atom stereocenters. The van der Waals surface area contributed by atoms with E-state index in [4.69, 9.17) is 4.74 Å². The number of nitrogens with zero attached hydrogens (tertiary/aromatic N) is 4. The molecule has 0 saturated carbocycles. The van der Waals surface area contributed by atoms with Crippen molar-refractivity contribution in [3.63, 3.8) is 0 Å². The molecule has 0 aliphatic carbocycles. The van der Waals surface area contributed by atoms with Crippen LogP contribution in [0.3, 0.4) is 0 Å². The number of benzene rings is 3. The van der Waals surface area contributed by atoms with Gasteiger partial charge in [0.25, 0.3) is 10.0 Å². The van der Waals surface area contributed by atoms with E-state index in [2.05, 4.69) is 30.3 Å². The molecule has 0 fully saturated rings.